The van der Waals surface area contributed by atoms with Crippen molar-refractivity contribution in [3.05, 3.63) is 53.6 Å². The number of hydrogen-bond donors (Lipinski definition) is 1. The zero-order chi connectivity index (χ0) is 13.8. The number of piperidine rings is 1. The van der Waals surface area contributed by atoms with E-state index in [9.17, 15) is 4.39 Å². The van der Waals surface area contributed by atoms with Crippen LogP contribution in [-0.4, -0.2) is 28.2 Å². The fourth-order valence-electron chi connectivity index (χ4n) is 3.04. The highest BCUT2D eigenvalue weighted by Gasteiger charge is 2.23. The van der Waals surface area contributed by atoms with Gasteiger partial charge in [-0.1, -0.05) is 18.6 Å². The summed E-state index contributed by atoms with van der Waals surface area (Å²) in [6.45, 7) is 2.10. The predicted molar refractivity (Wildman–Crippen MR) is 76.9 cm³/mol. The Kier molecular flexibility index (Phi) is 4.11. The van der Waals surface area contributed by atoms with E-state index in [4.69, 9.17) is 0 Å². The molecule has 4 heteroatoms. The Morgan fingerprint density at radius 2 is 2.30 bits per heavy atom. The quantitative estimate of drug-likeness (QED) is 0.926. The standard InChI is InChI=1S/C16H20FN3/c17-15-5-3-4-14(10-15)16-6-1-2-8-20(16)9-7-13-11-18-19-12-13/h3-5,10-12,16H,1-2,6-9H2,(H,18,19)/t16-/m1/s1. The van der Waals surface area contributed by atoms with Gasteiger partial charge in [-0.15, -0.1) is 0 Å². The van der Waals surface area contributed by atoms with Crippen LogP contribution in [0.5, 0.6) is 0 Å². The number of nitrogens with zero attached hydrogens (tertiary/aromatic N) is 2. The summed E-state index contributed by atoms with van der Waals surface area (Å²) in [5, 5.41) is 6.83. The van der Waals surface area contributed by atoms with Crippen LogP contribution >= 0.6 is 0 Å². The monoisotopic (exact) mass is 273 g/mol. The van der Waals surface area contributed by atoms with E-state index < -0.39 is 0 Å². The average molecular weight is 273 g/mol. The maximum Gasteiger partial charge on any atom is 0.123 e. The van der Waals surface area contributed by atoms with Gasteiger partial charge in [0.05, 0.1) is 6.20 Å². The zero-order valence-corrected chi connectivity index (χ0v) is 11.6. The second kappa shape index (κ2) is 6.18. The van der Waals surface area contributed by atoms with Crippen LogP contribution in [0.2, 0.25) is 0 Å². The summed E-state index contributed by atoms with van der Waals surface area (Å²) in [6, 6.07) is 7.41. The molecular weight excluding hydrogens is 253 g/mol. The highest BCUT2D eigenvalue weighted by atomic mass is 19.1. The molecule has 1 aliphatic heterocycles. The van der Waals surface area contributed by atoms with Crippen molar-refractivity contribution in [3.63, 3.8) is 0 Å². The average Bonchev–Trinajstić information content (AvgIpc) is 2.99. The molecule has 20 heavy (non-hydrogen) atoms. The summed E-state index contributed by atoms with van der Waals surface area (Å²) >= 11 is 0. The Bertz CT molecular complexity index is 538. The molecule has 106 valence electrons. The van der Waals surface area contributed by atoms with Gasteiger partial charge in [0.15, 0.2) is 0 Å². The van der Waals surface area contributed by atoms with Gasteiger partial charge in [0.2, 0.25) is 0 Å². The molecule has 1 aromatic heterocycles. The molecule has 0 saturated carbocycles. The minimum atomic E-state index is -0.136. The second-order valence-corrected chi connectivity index (χ2v) is 5.46. The van der Waals surface area contributed by atoms with Gasteiger partial charge < -0.3 is 0 Å². The number of H-pyrrole nitrogens is 1. The summed E-state index contributed by atoms with van der Waals surface area (Å²) in [4.78, 5) is 2.48. The molecular formula is C16H20FN3. The predicted octanol–water partition coefficient (Wildman–Crippen LogP) is 3.32. The van der Waals surface area contributed by atoms with Crippen LogP contribution in [0.1, 0.15) is 36.4 Å². The third-order valence-corrected chi connectivity index (χ3v) is 4.09. The van der Waals surface area contributed by atoms with Crippen molar-refractivity contribution in [2.45, 2.75) is 31.7 Å². The maximum absolute atomic E-state index is 13.4. The lowest BCUT2D eigenvalue weighted by Gasteiger charge is -2.36. The first-order chi connectivity index (χ1) is 9.83. The lowest BCUT2D eigenvalue weighted by Crippen LogP contribution is -2.35. The molecule has 2 aromatic rings. The number of halogens is 1. The SMILES string of the molecule is Fc1cccc([C@H]2CCCCN2CCc2cn[nH]c2)c1. The van der Waals surface area contributed by atoms with Gasteiger partial charge in [0.25, 0.3) is 0 Å². The zero-order valence-electron chi connectivity index (χ0n) is 11.6. The van der Waals surface area contributed by atoms with Gasteiger partial charge in [-0.25, -0.2) is 4.39 Å². The van der Waals surface area contributed by atoms with E-state index in [1.165, 1.54) is 24.5 Å². The molecule has 1 aliphatic rings. The van der Waals surface area contributed by atoms with Crippen LogP contribution in [0.15, 0.2) is 36.7 Å². The molecule has 1 saturated heterocycles. The molecule has 3 rings (SSSR count). The second-order valence-electron chi connectivity index (χ2n) is 5.46. The lowest BCUT2D eigenvalue weighted by atomic mass is 9.95. The van der Waals surface area contributed by atoms with Crippen LogP contribution < -0.4 is 0 Å². The van der Waals surface area contributed by atoms with Crippen molar-refractivity contribution < 1.29 is 4.39 Å². The number of aromatic nitrogens is 2. The molecule has 1 atom stereocenters. The highest BCUT2D eigenvalue weighted by Crippen LogP contribution is 2.31. The number of benzene rings is 1. The van der Waals surface area contributed by atoms with Gasteiger partial charge in [0.1, 0.15) is 5.82 Å². The van der Waals surface area contributed by atoms with E-state index in [-0.39, 0.29) is 5.82 Å². The van der Waals surface area contributed by atoms with Crippen molar-refractivity contribution in [1.82, 2.24) is 15.1 Å². The Hall–Kier alpha value is -1.68. The van der Waals surface area contributed by atoms with E-state index >= 15 is 0 Å². The first-order valence-corrected chi connectivity index (χ1v) is 7.30. The van der Waals surface area contributed by atoms with Crippen LogP contribution in [-0.2, 0) is 6.42 Å². The topological polar surface area (TPSA) is 31.9 Å². The van der Waals surface area contributed by atoms with Crippen molar-refractivity contribution in [2.75, 3.05) is 13.1 Å². The molecule has 0 bridgehead atoms. The number of likely N-dealkylation sites (tertiary alicyclic amines) is 1. The van der Waals surface area contributed by atoms with Crippen LogP contribution in [0, 0.1) is 5.82 Å². The molecule has 0 spiro atoms. The van der Waals surface area contributed by atoms with Gasteiger partial charge >= 0.3 is 0 Å². The number of nitrogens with one attached hydrogen (secondary N) is 1. The molecule has 1 aromatic carbocycles. The number of aromatic amines is 1. The van der Waals surface area contributed by atoms with Crippen molar-refractivity contribution in [3.8, 4) is 0 Å². The van der Waals surface area contributed by atoms with Crippen molar-refractivity contribution in [1.29, 1.82) is 0 Å². The van der Waals surface area contributed by atoms with Gasteiger partial charge in [-0.05, 0) is 49.1 Å². The Balaban J connectivity index is 1.70. The molecule has 0 amide bonds. The molecule has 3 nitrogen and oxygen atoms in total. The minimum absolute atomic E-state index is 0.136. The van der Waals surface area contributed by atoms with E-state index in [0.717, 1.165) is 31.5 Å². The minimum Gasteiger partial charge on any atom is -0.296 e. The first-order valence-electron chi connectivity index (χ1n) is 7.30. The van der Waals surface area contributed by atoms with Crippen LogP contribution in [0.25, 0.3) is 0 Å². The molecule has 1 N–H and O–H groups in total. The van der Waals surface area contributed by atoms with Crippen LogP contribution in [0.4, 0.5) is 4.39 Å². The largest absolute Gasteiger partial charge is 0.296 e. The van der Waals surface area contributed by atoms with E-state index in [2.05, 4.69) is 15.1 Å². The summed E-state index contributed by atoms with van der Waals surface area (Å²) in [6.07, 6.45) is 8.39. The summed E-state index contributed by atoms with van der Waals surface area (Å²) in [5.74, 6) is -0.136. The number of hydrogen-bond acceptors (Lipinski definition) is 2. The third-order valence-electron chi connectivity index (χ3n) is 4.09. The normalized spacial score (nSPS) is 20.1. The Labute approximate surface area is 118 Å². The van der Waals surface area contributed by atoms with Gasteiger partial charge in [-0.3, -0.25) is 10.00 Å². The molecule has 0 radical (unpaired) electrons. The lowest BCUT2D eigenvalue weighted by molar-refractivity contribution is 0.150. The molecule has 0 aliphatic carbocycles. The van der Waals surface area contributed by atoms with Crippen molar-refractivity contribution >= 4 is 0 Å². The molecule has 2 heterocycles. The Morgan fingerprint density at radius 1 is 1.35 bits per heavy atom. The van der Waals surface area contributed by atoms with Crippen LogP contribution in [0.3, 0.4) is 0 Å². The Morgan fingerprint density at radius 3 is 3.10 bits per heavy atom. The first kappa shape index (κ1) is 13.3. The van der Waals surface area contributed by atoms with E-state index in [1.54, 1.807) is 6.07 Å². The van der Waals surface area contributed by atoms with Gasteiger partial charge in [0, 0.05) is 18.8 Å². The summed E-state index contributed by atoms with van der Waals surface area (Å²) in [5.41, 5.74) is 2.34. The van der Waals surface area contributed by atoms with E-state index in [0.29, 0.717) is 6.04 Å². The third kappa shape index (κ3) is 3.07. The number of rotatable bonds is 4. The highest BCUT2D eigenvalue weighted by molar-refractivity contribution is 5.21. The fraction of sp³-hybridized carbons (Fsp3) is 0.438. The molecule has 1 fully saturated rings. The fourth-order valence-corrected chi connectivity index (χ4v) is 3.04. The maximum atomic E-state index is 13.4. The van der Waals surface area contributed by atoms with Gasteiger partial charge in [-0.2, -0.15) is 5.10 Å². The summed E-state index contributed by atoms with van der Waals surface area (Å²) < 4.78 is 13.4. The smallest absolute Gasteiger partial charge is 0.123 e. The summed E-state index contributed by atoms with van der Waals surface area (Å²) in [7, 11) is 0. The van der Waals surface area contributed by atoms with Crippen molar-refractivity contribution in [2.24, 2.45) is 0 Å². The molecule has 0 unspecified atom stereocenters. The van der Waals surface area contributed by atoms with E-state index in [1.807, 2.05) is 24.5 Å².